The van der Waals surface area contributed by atoms with Gasteiger partial charge in [0.2, 0.25) is 0 Å². The van der Waals surface area contributed by atoms with Crippen molar-refractivity contribution in [3.05, 3.63) is 59.4 Å². The highest BCUT2D eigenvalue weighted by molar-refractivity contribution is 5.48. The molecule has 0 spiro atoms. The van der Waals surface area contributed by atoms with Crippen LogP contribution in [0.1, 0.15) is 24.1 Å². The first-order chi connectivity index (χ1) is 10.0. The van der Waals surface area contributed by atoms with Crippen LogP contribution in [-0.2, 0) is 6.54 Å². The summed E-state index contributed by atoms with van der Waals surface area (Å²) in [6, 6.07) is 12.4. The molecule has 2 N–H and O–H groups in total. The van der Waals surface area contributed by atoms with Crippen LogP contribution in [-0.4, -0.2) is 14.2 Å². The standard InChI is InChI=1S/C17H21FN2O/c1-12(19)13-4-9-17(21-3)14(10-13)11-20(2)16-7-5-15(18)6-8-16/h4-10,12H,11,19H2,1-3H3. The summed E-state index contributed by atoms with van der Waals surface area (Å²) in [5.41, 5.74) is 9.01. The highest BCUT2D eigenvalue weighted by atomic mass is 19.1. The second-order valence-corrected chi connectivity index (χ2v) is 5.19. The molecular weight excluding hydrogens is 267 g/mol. The van der Waals surface area contributed by atoms with Crippen LogP contribution in [0.4, 0.5) is 10.1 Å². The number of methoxy groups -OCH3 is 1. The van der Waals surface area contributed by atoms with Gasteiger partial charge in [0.25, 0.3) is 0 Å². The lowest BCUT2D eigenvalue weighted by Gasteiger charge is -2.21. The van der Waals surface area contributed by atoms with Crippen LogP contribution in [0.5, 0.6) is 5.75 Å². The number of nitrogens with zero attached hydrogens (tertiary/aromatic N) is 1. The number of hydrogen-bond donors (Lipinski definition) is 1. The monoisotopic (exact) mass is 288 g/mol. The topological polar surface area (TPSA) is 38.5 Å². The first-order valence-corrected chi connectivity index (χ1v) is 6.90. The van der Waals surface area contributed by atoms with Crippen molar-refractivity contribution in [2.24, 2.45) is 5.73 Å². The molecule has 2 rings (SSSR count). The van der Waals surface area contributed by atoms with E-state index in [1.807, 2.05) is 31.0 Å². The minimum absolute atomic E-state index is 0.0224. The molecule has 0 aliphatic rings. The summed E-state index contributed by atoms with van der Waals surface area (Å²) in [5, 5.41) is 0. The Morgan fingerprint density at radius 3 is 2.43 bits per heavy atom. The molecule has 0 aromatic heterocycles. The number of benzene rings is 2. The van der Waals surface area contributed by atoms with Gasteiger partial charge < -0.3 is 15.4 Å². The van der Waals surface area contributed by atoms with Gasteiger partial charge in [0.15, 0.2) is 0 Å². The fourth-order valence-electron chi connectivity index (χ4n) is 2.25. The number of hydrogen-bond acceptors (Lipinski definition) is 3. The van der Waals surface area contributed by atoms with Crippen LogP contribution in [0.15, 0.2) is 42.5 Å². The maximum Gasteiger partial charge on any atom is 0.123 e. The van der Waals surface area contributed by atoms with Gasteiger partial charge >= 0.3 is 0 Å². The molecule has 112 valence electrons. The Balaban J connectivity index is 2.24. The molecule has 0 heterocycles. The Labute approximate surface area is 125 Å². The molecule has 2 aromatic rings. The van der Waals surface area contributed by atoms with Gasteiger partial charge in [0.05, 0.1) is 7.11 Å². The second kappa shape index (κ2) is 6.59. The average molecular weight is 288 g/mol. The van der Waals surface area contributed by atoms with Crippen LogP contribution in [0, 0.1) is 5.82 Å². The lowest BCUT2D eigenvalue weighted by molar-refractivity contribution is 0.409. The van der Waals surface area contributed by atoms with Crippen molar-refractivity contribution in [3.8, 4) is 5.75 Å². The Kier molecular flexibility index (Phi) is 4.81. The molecule has 3 nitrogen and oxygen atoms in total. The summed E-state index contributed by atoms with van der Waals surface area (Å²) in [4.78, 5) is 2.04. The molecule has 4 heteroatoms. The van der Waals surface area contributed by atoms with Gasteiger partial charge in [-0.1, -0.05) is 6.07 Å². The molecule has 21 heavy (non-hydrogen) atoms. The van der Waals surface area contributed by atoms with Gasteiger partial charge in [0.1, 0.15) is 11.6 Å². The first kappa shape index (κ1) is 15.3. The predicted molar refractivity (Wildman–Crippen MR) is 84.1 cm³/mol. The van der Waals surface area contributed by atoms with Crippen LogP contribution in [0.3, 0.4) is 0 Å². The molecule has 0 bridgehead atoms. The average Bonchev–Trinajstić information content (AvgIpc) is 2.47. The number of ether oxygens (including phenoxy) is 1. The molecule has 0 saturated carbocycles. The Morgan fingerprint density at radius 2 is 1.86 bits per heavy atom. The van der Waals surface area contributed by atoms with E-state index in [2.05, 4.69) is 6.07 Å². The summed E-state index contributed by atoms with van der Waals surface area (Å²) in [6.07, 6.45) is 0. The summed E-state index contributed by atoms with van der Waals surface area (Å²) < 4.78 is 18.4. The summed E-state index contributed by atoms with van der Waals surface area (Å²) >= 11 is 0. The van der Waals surface area contributed by atoms with E-state index < -0.39 is 0 Å². The molecule has 0 radical (unpaired) electrons. The predicted octanol–water partition coefficient (Wildman–Crippen LogP) is 3.49. The van der Waals surface area contributed by atoms with Crippen molar-refractivity contribution in [3.63, 3.8) is 0 Å². The third-order valence-electron chi connectivity index (χ3n) is 3.51. The van der Waals surface area contributed by atoms with E-state index in [4.69, 9.17) is 10.5 Å². The van der Waals surface area contributed by atoms with Crippen molar-refractivity contribution in [1.29, 1.82) is 0 Å². The summed E-state index contributed by atoms with van der Waals surface area (Å²) in [5.74, 6) is 0.594. The summed E-state index contributed by atoms with van der Waals surface area (Å²) in [7, 11) is 3.62. The van der Waals surface area contributed by atoms with Gasteiger partial charge in [0, 0.05) is 30.9 Å². The van der Waals surface area contributed by atoms with Gasteiger partial charge in [-0.2, -0.15) is 0 Å². The summed E-state index contributed by atoms with van der Waals surface area (Å²) in [6.45, 7) is 2.62. The van der Waals surface area contributed by atoms with Crippen molar-refractivity contribution in [2.45, 2.75) is 19.5 Å². The maximum absolute atomic E-state index is 13.0. The van der Waals surface area contributed by atoms with Gasteiger partial charge in [-0.3, -0.25) is 0 Å². The van der Waals surface area contributed by atoms with E-state index in [9.17, 15) is 4.39 Å². The third-order valence-corrected chi connectivity index (χ3v) is 3.51. The number of rotatable bonds is 5. The fourth-order valence-corrected chi connectivity index (χ4v) is 2.25. The van der Waals surface area contributed by atoms with Crippen LogP contribution in [0.25, 0.3) is 0 Å². The zero-order valence-corrected chi connectivity index (χ0v) is 12.6. The first-order valence-electron chi connectivity index (χ1n) is 6.90. The molecule has 0 amide bonds. The molecule has 0 aliphatic heterocycles. The molecule has 1 unspecified atom stereocenters. The van der Waals surface area contributed by atoms with E-state index in [0.29, 0.717) is 6.54 Å². The van der Waals surface area contributed by atoms with Crippen molar-refractivity contribution in [2.75, 3.05) is 19.1 Å². The third kappa shape index (κ3) is 3.73. The Morgan fingerprint density at radius 1 is 1.19 bits per heavy atom. The van der Waals surface area contributed by atoms with Crippen LogP contribution in [0.2, 0.25) is 0 Å². The van der Waals surface area contributed by atoms with Crippen LogP contribution < -0.4 is 15.4 Å². The molecule has 0 saturated heterocycles. The van der Waals surface area contributed by atoms with Crippen molar-refractivity contribution < 1.29 is 9.13 Å². The smallest absolute Gasteiger partial charge is 0.123 e. The zero-order chi connectivity index (χ0) is 15.4. The van der Waals surface area contributed by atoms with E-state index in [1.54, 1.807) is 19.2 Å². The molecule has 0 aliphatic carbocycles. The van der Waals surface area contributed by atoms with Gasteiger partial charge in [-0.25, -0.2) is 4.39 Å². The molecule has 0 fully saturated rings. The SMILES string of the molecule is COc1ccc(C(C)N)cc1CN(C)c1ccc(F)cc1. The lowest BCUT2D eigenvalue weighted by Crippen LogP contribution is -2.17. The Bertz CT molecular complexity index is 596. The lowest BCUT2D eigenvalue weighted by atomic mass is 10.0. The van der Waals surface area contributed by atoms with Crippen LogP contribution >= 0.6 is 0 Å². The number of halogens is 1. The maximum atomic E-state index is 13.0. The minimum Gasteiger partial charge on any atom is -0.496 e. The van der Waals surface area contributed by atoms with E-state index in [0.717, 1.165) is 22.6 Å². The van der Waals surface area contributed by atoms with Gasteiger partial charge in [-0.15, -0.1) is 0 Å². The normalized spacial score (nSPS) is 12.0. The fraction of sp³-hybridized carbons (Fsp3) is 0.294. The zero-order valence-electron chi connectivity index (χ0n) is 12.6. The molecule has 1 atom stereocenters. The van der Waals surface area contributed by atoms with Crippen molar-refractivity contribution in [1.82, 2.24) is 0 Å². The Hall–Kier alpha value is -2.07. The second-order valence-electron chi connectivity index (χ2n) is 5.19. The highest BCUT2D eigenvalue weighted by Crippen LogP contribution is 2.25. The number of nitrogens with two attached hydrogens (primary N) is 1. The molecular formula is C17H21FN2O. The molecule has 2 aromatic carbocycles. The van der Waals surface area contributed by atoms with Crippen molar-refractivity contribution >= 4 is 5.69 Å². The quantitative estimate of drug-likeness (QED) is 0.915. The van der Waals surface area contributed by atoms with E-state index in [-0.39, 0.29) is 11.9 Å². The van der Waals surface area contributed by atoms with E-state index >= 15 is 0 Å². The number of anilines is 1. The highest BCUT2D eigenvalue weighted by Gasteiger charge is 2.10. The van der Waals surface area contributed by atoms with E-state index in [1.165, 1.54) is 12.1 Å². The largest absolute Gasteiger partial charge is 0.496 e. The van der Waals surface area contributed by atoms with Gasteiger partial charge in [-0.05, 0) is 48.9 Å². The minimum atomic E-state index is -0.233.